The van der Waals surface area contributed by atoms with Gasteiger partial charge in [-0.25, -0.2) is 0 Å². The Hall–Kier alpha value is -0.610. The molecule has 0 radical (unpaired) electrons. The van der Waals surface area contributed by atoms with Crippen LogP contribution in [0.3, 0.4) is 0 Å². The summed E-state index contributed by atoms with van der Waals surface area (Å²) in [6, 6.07) is 0. The van der Waals surface area contributed by atoms with E-state index < -0.39 is 0 Å². The normalized spacial score (nSPS) is 13.2. The summed E-state index contributed by atoms with van der Waals surface area (Å²) < 4.78 is 10.5. The zero-order valence-electron chi connectivity index (χ0n) is 18.3. The molecule has 0 aliphatic rings. The van der Waals surface area contributed by atoms with Crippen LogP contribution >= 0.6 is 0 Å². The Labute approximate surface area is 156 Å². The number of nitrogens with zero attached hydrogens (tertiary/aromatic N) is 1. The topological polar surface area (TPSA) is 38.8 Å². The lowest BCUT2D eigenvalue weighted by Crippen LogP contribution is -2.54. The van der Waals surface area contributed by atoms with E-state index in [2.05, 4.69) is 60.3 Å². The second-order valence-corrected chi connectivity index (χ2v) is 9.84. The molecule has 150 valence electrons. The summed E-state index contributed by atoms with van der Waals surface area (Å²) in [5.41, 5.74) is 0.0588. The van der Waals surface area contributed by atoms with Gasteiger partial charge in [-0.05, 0) is 37.5 Å². The Morgan fingerprint density at radius 3 is 2.08 bits per heavy atom. The quantitative estimate of drug-likeness (QED) is 0.466. The maximum absolute atomic E-state index is 13.0. The van der Waals surface area contributed by atoms with Crippen molar-refractivity contribution in [3.63, 3.8) is 0 Å². The fourth-order valence-corrected chi connectivity index (χ4v) is 3.58. The number of hydrogen-bond acceptors (Lipinski definition) is 3. The molecule has 4 nitrogen and oxygen atoms in total. The average Bonchev–Trinajstić information content (AvgIpc) is 2.44. The van der Waals surface area contributed by atoms with Gasteiger partial charge in [0.1, 0.15) is 6.61 Å². The molecule has 0 unspecified atom stereocenters. The molecule has 0 atom stereocenters. The Morgan fingerprint density at radius 1 is 1.00 bits per heavy atom. The van der Waals surface area contributed by atoms with Gasteiger partial charge in [0.2, 0.25) is 5.91 Å². The van der Waals surface area contributed by atoms with Gasteiger partial charge in [-0.2, -0.15) is 0 Å². The lowest BCUT2D eigenvalue weighted by Gasteiger charge is -2.46. The van der Waals surface area contributed by atoms with Crippen LogP contribution < -0.4 is 0 Å². The van der Waals surface area contributed by atoms with Crippen LogP contribution in [0.4, 0.5) is 0 Å². The van der Waals surface area contributed by atoms with E-state index in [0.29, 0.717) is 13.2 Å². The van der Waals surface area contributed by atoms with Crippen LogP contribution in [-0.2, 0) is 14.3 Å². The zero-order chi connectivity index (χ0) is 19.7. The highest BCUT2D eigenvalue weighted by Crippen LogP contribution is 2.35. The van der Waals surface area contributed by atoms with E-state index in [1.807, 2.05) is 0 Å². The first-order chi connectivity index (χ1) is 11.3. The molecule has 0 aromatic rings. The molecule has 0 heterocycles. The largest absolute Gasteiger partial charge is 0.382 e. The number of amides is 1. The predicted octanol–water partition coefficient (Wildman–Crippen LogP) is 4.91. The minimum absolute atomic E-state index is 0.0786. The number of methoxy groups -OCH3 is 1. The van der Waals surface area contributed by atoms with E-state index in [9.17, 15) is 4.79 Å². The summed E-state index contributed by atoms with van der Waals surface area (Å²) in [7, 11) is 1.64. The van der Waals surface area contributed by atoms with Crippen molar-refractivity contribution >= 4 is 5.91 Å². The van der Waals surface area contributed by atoms with Gasteiger partial charge in [-0.3, -0.25) is 4.79 Å². The van der Waals surface area contributed by atoms with Gasteiger partial charge in [-0.15, -0.1) is 0 Å². The molecular weight excluding hydrogens is 314 g/mol. The van der Waals surface area contributed by atoms with Crippen molar-refractivity contribution in [2.45, 2.75) is 86.6 Å². The van der Waals surface area contributed by atoms with Gasteiger partial charge >= 0.3 is 0 Å². The smallest absolute Gasteiger partial charge is 0.249 e. The van der Waals surface area contributed by atoms with Crippen LogP contribution in [0.25, 0.3) is 0 Å². The Morgan fingerprint density at radius 2 is 1.60 bits per heavy atom. The number of carbonyl (C=O) groups is 1. The number of carbonyl (C=O) groups excluding carboxylic acids is 1. The summed E-state index contributed by atoms with van der Waals surface area (Å²) in [6.07, 6.45) is 4.46. The molecule has 0 aliphatic carbocycles. The van der Waals surface area contributed by atoms with Crippen molar-refractivity contribution in [3.05, 3.63) is 0 Å². The van der Waals surface area contributed by atoms with Crippen molar-refractivity contribution in [1.82, 2.24) is 4.90 Å². The lowest BCUT2D eigenvalue weighted by atomic mass is 9.78. The van der Waals surface area contributed by atoms with E-state index in [-0.39, 0.29) is 28.9 Å². The zero-order valence-corrected chi connectivity index (χ0v) is 18.3. The molecule has 0 saturated carbocycles. The molecule has 4 heteroatoms. The first-order valence-corrected chi connectivity index (χ1v) is 9.72. The van der Waals surface area contributed by atoms with Crippen molar-refractivity contribution in [3.8, 4) is 0 Å². The van der Waals surface area contributed by atoms with Gasteiger partial charge in [0.15, 0.2) is 0 Å². The summed E-state index contributed by atoms with van der Waals surface area (Å²) in [6.45, 7) is 19.7. The van der Waals surface area contributed by atoms with Crippen molar-refractivity contribution in [2.75, 3.05) is 33.5 Å². The Balaban J connectivity index is 5.18. The van der Waals surface area contributed by atoms with Crippen molar-refractivity contribution in [1.29, 1.82) is 0 Å². The minimum Gasteiger partial charge on any atom is -0.382 e. The van der Waals surface area contributed by atoms with E-state index in [0.717, 1.165) is 19.4 Å². The Bertz CT molecular complexity index is 383. The van der Waals surface area contributed by atoms with Crippen LogP contribution in [0.2, 0.25) is 0 Å². The highest BCUT2D eigenvalue weighted by Gasteiger charge is 2.37. The molecule has 0 saturated heterocycles. The summed E-state index contributed by atoms with van der Waals surface area (Å²) in [5, 5.41) is 0. The van der Waals surface area contributed by atoms with Gasteiger partial charge in [0.05, 0.1) is 13.2 Å². The van der Waals surface area contributed by atoms with Crippen LogP contribution in [0.5, 0.6) is 0 Å². The summed E-state index contributed by atoms with van der Waals surface area (Å²) >= 11 is 0. The van der Waals surface area contributed by atoms with E-state index in [1.54, 1.807) is 7.11 Å². The molecule has 0 bridgehead atoms. The standard InChI is InChI=1S/C21H43NO3/c1-10-11-12-20(5,6)17-22(18(23)15-25-14-13-24-9)21(7,8)16-19(2,3)4/h10-17H2,1-9H3. The monoisotopic (exact) mass is 357 g/mol. The summed E-state index contributed by atoms with van der Waals surface area (Å²) in [4.78, 5) is 15.0. The summed E-state index contributed by atoms with van der Waals surface area (Å²) in [5.74, 6) is 0.0786. The lowest BCUT2D eigenvalue weighted by molar-refractivity contribution is -0.145. The molecule has 1 amide bonds. The second kappa shape index (κ2) is 10.5. The maximum Gasteiger partial charge on any atom is 0.249 e. The Kier molecular flexibility index (Phi) is 10.3. The third-order valence-corrected chi connectivity index (χ3v) is 4.45. The molecular formula is C21H43NO3. The second-order valence-electron chi connectivity index (χ2n) is 9.84. The highest BCUT2D eigenvalue weighted by molar-refractivity contribution is 5.78. The molecule has 0 aromatic heterocycles. The number of unbranched alkanes of at least 4 members (excludes halogenated alkanes) is 1. The fraction of sp³-hybridized carbons (Fsp3) is 0.952. The van der Waals surface area contributed by atoms with Gasteiger partial charge < -0.3 is 14.4 Å². The molecule has 0 aliphatic heterocycles. The first kappa shape index (κ1) is 24.4. The molecule has 25 heavy (non-hydrogen) atoms. The minimum atomic E-state index is -0.205. The fourth-order valence-electron chi connectivity index (χ4n) is 3.58. The third-order valence-electron chi connectivity index (χ3n) is 4.45. The number of hydrogen-bond donors (Lipinski definition) is 0. The van der Waals surface area contributed by atoms with Gasteiger partial charge in [0, 0.05) is 19.2 Å². The van der Waals surface area contributed by atoms with E-state index in [1.165, 1.54) is 12.8 Å². The molecule has 0 rings (SSSR count). The molecule has 0 aromatic carbocycles. The molecule has 0 N–H and O–H groups in total. The number of rotatable bonds is 12. The molecule has 0 fully saturated rings. The van der Waals surface area contributed by atoms with Crippen molar-refractivity contribution in [2.24, 2.45) is 10.8 Å². The highest BCUT2D eigenvalue weighted by atomic mass is 16.5. The van der Waals surface area contributed by atoms with Gasteiger partial charge in [0.25, 0.3) is 0 Å². The van der Waals surface area contributed by atoms with E-state index in [4.69, 9.17) is 9.47 Å². The van der Waals surface area contributed by atoms with Crippen LogP contribution in [0.15, 0.2) is 0 Å². The van der Waals surface area contributed by atoms with Crippen molar-refractivity contribution < 1.29 is 14.3 Å². The average molecular weight is 358 g/mol. The maximum atomic E-state index is 13.0. The van der Waals surface area contributed by atoms with Crippen LogP contribution in [-0.4, -0.2) is 49.8 Å². The SMILES string of the molecule is CCCCC(C)(C)CN(C(=O)COCCOC)C(C)(C)CC(C)(C)C. The van der Waals surface area contributed by atoms with Gasteiger partial charge in [-0.1, -0.05) is 54.4 Å². The van der Waals surface area contributed by atoms with E-state index >= 15 is 0 Å². The van der Waals surface area contributed by atoms with Crippen LogP contribution in [0, 0.1) is 10.8 Å². The first-order valence-electron chi connectivity index (χ1n) is 9.72. The predicted molar refractivity (Wildman–Crippen MR) is 106 cm³/mol. The third kappa shape index (κ3) is 10.9. The molecule has 0 spiro atoms. The number of ether oxygens (including phenoxy) is 2. The van der Waals surface area contributed by atoms with Crippen LogP contribution in [0.1, 0.15) is 81.1 Å².